The summed E-state index contributed by atoms with van der Waals surface area (Å²) in [5.41, 5.74) is 6.63. The number of nitrogens with one attached hydrogen (secondary N) is 1. The molecule has 0 spiro atoms. The van der Waals surface area contributed by atoms with Crippen LogP contribution >= 0.6 is 35.6 Å². The number of hydrogen-bond donors (Lipinski definition) is 2. The minimum absolute atomic E-state index is 0. The van der Waals surface area contributed by atoms with Crippen molar-refractivity contribution < 1.29 is 9.21 Å². The van der Waals surface area contributed by atoms with Gasteiger partial charge in [0.25, 0.3) is 5.91 Å². The Kier molecular flexibility index (Phi) is 6.96. The van der Waals surface area contributed by atoms with Crippen molar-refractivity contribution in [2.45, 2.75) is 25.8 Å². The molecule has 1 aromatic carbocycles. The number of hydrogen-bond acceptors (Lipinski definition) is 3. The molecule has 0 aliphatic heterocycles. The van der Waals surface area contributed by atoms with Gasteiger partial charge in [0, 0.05) is 12.0 Å². The van der Waals surface area contributed by atoms with E-state index in [2.05, 4.69) is 5.32 Å². The molecule has 1 amide bonds. The van der Waals surface area contributed by atoms with Crippen molar-refractivity contribution in [1.82, 2.24) is 5.32 Å². The Morgan fingerprint density at radius 3 is 2.52 bits per heavy atom. The van der Waals surface area contributed by atoms with Crippen LogP contribution in [0.2, 0.25) is 10.0 Å². The largest absolute Gasteiger partial charge is 0.467 e. The zero-order valence-corrected chi connectivity index (χ0v) is 15.2. The Hall–Kier alpha value is -1.20. The van der Waals surface area contributed by atoms with Crippen LogP contribution in [0.5, 0.6) is 0 Å². The Morgan fingerprint density at radius 1 is 1.26 bits per heavy atom. The minimum Gasteiger partial charge on any atom is -0.467 e. The number of furan rings is 1. The number of carbonyl (C=O) groups excluding carboxylic acids is 1. The van der Waals surface area contributed by atoms with Gasteiger partial charge in [0.05, 0.1) is 22.2 Å². The lowest BCUT2D eigenvalue weighted by atomic mass is 9.84. The quantitative estimate of drug-likeness (QED) is 0.821. The molecule has 2 aromatic rings. The van der Waals surface area contributed by atoms with Gasteiger partial charge in [0.2, 0.25) is 0 Å². The summed E-state index contributed by atoms with van der Waals surface area (Å²) in [7, 11) is 0. The van der Waals surface area contributed by atoms with E-state index in [1.54, 1.807) is 12.1 Å². The highest BCUT2D eigenvalue weighted by Crippen LogP contribution is 2.29. The van der Waals surface area contributed by atoms with Gasteiger partial charge in [-0.2, -0.15) is 0 Å². The molecule has 23 heavy (non-hydrogen) atoms. The lowest BCUT2D eigenvalue weighted by Gasteiger charge is -2.26. The summed E-state index contributed by atoms with van der Waals surface area (Å²) in [6, 6.07) is 7.12. The second-order valence-corrected chi connectivity index (χ2v) is 6.52. The third kappa shape index (κ3) is 4.88. The first-order valence-electron chi connectivity index (χ1n) is 6.84. The average molecular weight is 378 g/mol. The van der Waals surface area contributed by atoms with Crippen LogP contribution < -0.4 is 11.1 Å². The molecule has 0 radical (unpaired) electrons. The zero-order chi connectivity index (χ0) is 16.3. The van der Waals surface area contributed by atoms with E-state index in [-0.39, 0.29) is 30.3 Å². The van der Waals surface area contributed by atoms with Crippen molar-refractivity contribution >= 4 is 41.5 Å². The summed E-state index contributed by atoms with van der Waals surface area (Å²) >= 11 is 12.0. The van der Waals surface area contributed by atoms with Crippen LogP contribution in [0.15, 0.2) is 34.9 Å². The van der Waals surface area contributed by atoms with Gasteiger partial charge in [0.1, 0.15) is 12.0 Å². The maximum absolute atomic E-state index is 12.1. The first-order chi connectivity index (χ1) is 10.3. The standard InChI is InChI=1S/C16H18Cl2N2O2.ClH/c1-16(2,11-3-4-13(17)14(18)6-11)9-20-15(21)10-5-12(7-19)22-8-10;/h3-6,8H,7,9,19H2,1-2H3,(H,20,21);1H. The van der Waals surface area contributed by atoms with E-state index >= 15 is 0 Å². The molecule has 126 valence electrons. The van der Waals surface area contributed by atoms with Crippen LogP contribution in [0.4, 0.5) is 0 Å². The number of halogens is 3. The monoisotopic (exact) mass is 376 g/mol. The molecular formula is C16H19Cl3N2O2. The summed E-state index contributed by atoms with van der Waals surface area (Å²) in [6.45, 7) is 4.76. The van der Waals surface area contributed by atoms with Crippen molar-refractivity contribution in [3.8, 4) is 0 Å². The number of amides is 1. The van der Waals surface area contributed by atoms with Crippen LogP contribution in [0.3, 0.4) is 0 Å². The van der Waals surface area contributed by atoms with Crippen LogP contribution in [0.1, 0.15) is 35.5 Å². The summed E-state index contributed by atoms with van der Waals surface area (Å²) in [6.07, 6.45) is 1.41. The number of carbonyl (C=O) groups is 1. The van der Waals surface area contributed by atoms with Gasteiger partial charge in [-0.25, -0.2) is 0 Å². The lowest BCUT2D eigenvalue weighted by Crippen LogP contribution is -2.36. The van der Waals surface area contributed by atoms with Gasteiger partial charge in [0.15, 0.2) is 0 Å². The fourth-order valence-corrected chi connectivity index (χ4v) is 2.33. The van der Waals surface area contributed by atoms with Crippen LogP contribution in [0, 0.1) is 0 Å². The van der Waals surface area contributed by atoms with Crippen LogP contribution in [0.25, 0.3) is 0 Å². The minimum atomic E-state index is -0.287. The second kappa shape index (κ2) is 8.06. The summed E-state index contributed by atoms with van der Waals surface area (Å²) < 4.78 is 5.16. The van der Waals surface area contributed by atoms with Crippen molar-refractivity contribution in [2.75, 3.05) is 6.54 Å². The molecular weight excluding hydrogens is 359 g/mol. The van der Waals surface area contributed by atoms with Crippen molar-refractivity contribution in [2.24, 2.45) is 5.73 Å². The first kappa shape index (κ1) is 19.8. The molecule has 4 nitrogen and oxygen atoms in total. The van der Waals surface area contributed by atoms with Gasteiger partial charge in [-0.3, -0.25) is 4.79 Å². The SMILES string of the molecule is CC(C)(CNC(=O)c1coc(CN)c1)c1ccc(Cl)c(Cl)c1.Cl. The highest BCUT2D eigenvalue weighted by Gasteiger charge is 2.23. The molecule has 0 unspecified atom stereocenters. The number of benzene rings is 1. The molecule has 0 saturated carbocycles. The summed E-state index contributed by atoms with van der Waals surface area (Å²) in [4.78, 5) is 12.1. The van der Waals surface area contributed by atoms with E-state index in [9.17, 15) is 4.79 Å². The van der Waals surface area contributed by atoms with Gasteiger partial charge >= 0.3 is 0 Å². The molecule has 0 bridgehead atoms. The summed E-state index contributed by atoms with van der Waals surface area (Å²) in [5, 5.41) is 3.91. The number of rotatable bonds is 5. The van der Waals surface area contributed by atoms with E-state index in [4.69, 9.17) is 33.4 Å². The molecule has 0 aliphatic carbocycles. The van der Waals surface area contributed by atoms with E-state index in [1.165, 1.54) is 6.26 Å². The molecule has 7 heteroatoms. The highest BCUT2D eigenvalue weighted by molar-refractivity contribution is 6.42. The average Bonchev–Trinajstić information content (AvgIpc) is 2.96. The molecule has 1 heterocycles. The Labute approximate surface area is 151 Å². The Balaban J connectivity index is 0.00000264. The molecule has 0 fully saturated rings. The van der Waals surface area contributed by atoms with E-state index in [1.807, 2.05) is 26.0 Å². The molecule has 2 rings (SSSR count). The molecule has 0 aliphatic rings. The van der Waals surface area contributed by atoms with Crippen molar-refractivity contribution in [3.63, 3.8) is 0 Å². The fraction of sp³-hybridized carbons (Fsp3) is 0.312. The van der Waals surface area contributed by atoms with Crippen LogP contribution in [-0.2, 0) is 12.0 Å². The summed E-state index contributed by atoms with van der Waals surface area (Å²) in [5.74, 6) is 0.380. The van der Waals surface area contributed by atoms with Gasteiger partial charge < -0.3 is 15.5 Å². The maximum Gasteiger partial charge on any atom is 0.254 e. The van der Waals surface area contributed by atoms with Crippen molar-refractivity contribution in [1.29, 1.82) is 0 Å². The normalized spacial score (nSPS) is 11.0. The molecule has 0 saturated heterocycles. The lowest BCUT2D eigenvalue weighted by molar-refractivity contribution is 0.0945. The second-order valence-electron chi connectivity index (χ2n) is 5.70. The van der Waals surface area contributed by atoms with E-state index in [0.29, 0.717) is 27.9 Å². The van der Waals surface area contributed by atoms with E-state index < -0.39 is 0 Å². The Morgan fingerprint density at radius 2 is 1.96 bits per heavy atom. The van der Waals surface area contributed by atoms with Gasteiger partial charge in [-0.15, -0.1) is 12.4 Å². The molecule has 0 atom stereocenters. The third-order valence-corrected chi connectivity index (χ3v) is 4.25. The number of nitrogens with two attached hydrogens (primary N) is 1. The smallest absolute Gasteiger partial charge is 0.254 e. The Bertz CT molecular complexity index is 684. The predicted molar refractivity (Wildman–Crippen MR) is 95.7 cm³/mol. The van der Waals surface area contributed by atoms with Crippen LogP contribution in [-0.4, -0.2) is 12.5 Å². The predicted octanol–water partition coefficient (Wildman–Crippen LogP) is 4.17. The fourth-order valence-electron chi connectivity index (χ4n) is 2.03. The zero-order valence-electron chi connectivity index (χ0n) is 12.9. The highest BCUT2D eigenvalue weighted by atomic mass is 35.5. The third-order valence-electron chi connectivity index (χ3n) is 3.51. The van der Waals surface area contributed by atoms with E-state index in [0.717, 1.165) is 5.56 Å². The van der Waals surface area contributed by atoms with Gasteiger partial charge in [-0.05, 0) is 23.8 Å². The maximum atomic E-state index is 12.1. The molecule has 3 N–H and O–H groups in total. The van der Waals surface area contributed by atoms with Crippen molar-refractivity contribution in [3.05, 3.63) is 57.5 Å². The first-order valence-corrected chi connectivity index (χ1v) is 7.60. The topological polar surface area (TPSA) is 68.3 Å². The van der Waals surface area contributed by atoms with Gasteiger partial charge in [-0.1, -0.05) is 43.1 Å². The molecule has 1 aromatic heterocycles.